The van der Waals surface area contributed by atoms with Crippen LogP contribution in [0.25, 0.3) is 11.1 Å². The van der Waals surface area contributed by atoms with Crippen LogP contribution in [0.2, 0.25) is 0 Å². The number of amides is 1. The molecular formula is C33H36N6O. The third kappa shape index (κ3) is 4.71. The maximum Gasteiger partial charge on any atom is 0.228 e. The lowest BCUT2D eigenvalue weighted by molar-refractivity contribution is -0.115. The van der Waals surface area contributed by atoms with Gasteiger partial charge in [-0.05, 0) is 84.3 Å². The van der Waals surface area contributed by atoms with Crippen molar-refractivity contribution in [3.63, 3.8) is 0 Å². The molecule has 7 nitrogen and oxygen atoms in total. The fraction of sp³-hybridized carbons (Fsp3) is 0.424. The Bertz CT molecular complexity index is 1450. The zero-order valence-electron chi connectivity index (χ0n) is 22.9. The predicted octanol–water partition coefficient (Wildman–Crippen LogP) is 4.98. The Morgan fingerprint density at radius 1 is 0.975 bits per heavy atom. The zero-order valence-corrected chi connectivity index (χ0v) is 22.9. The Labute approximate surface area is 236 Å². The fourth-order valence-corrected chi connectivity index (χ4v) is 7.52. The summed E-state index contributed by atoms with van der Waals surface area (Å²) in [5.41, 5.74) is 6.17. The molecule has 4 aliphatic rings. The van der Waals surface area contributed by atoms with E-state index in [9.17, 15) is 10.1 Å². The minimum Gasteiger partial charge on any atom is -0.371 e. The summed E-state index contributed by atoms with van der Waals surface area (Å²) in [5.74, 6) is 2.20. The van der Waals surface area contributed by atoms with Crippen molar-refractivity contribution in [2.45, 2.75) is 50.6 Å². The summed E-state index contributed by atoms with van der Waals surface area (Å²) in [6, 6.07) is 21.7. The lowest BCUT2D eigenvalue weighted by atomic mass is 9.80. The number of pyridine rings is 1. The summed E-state index contributed by atoms with van der Waals surface area (Å²) < 4.78 is 0. The minimum absolute atomic E-state index is 0.0632. The number of nitrogens with zero attached hydrogens (tertiary/aromatic N) is 4. The van der Waals surface area contributed by atoms with Crippen LogP contribution in [0.1, 0.15) is 43.2 Å². The van der Waals surface area contributed by atoms with E-state index in [4.69, 9.17) is 4.98 Å². The van der Waals surface area contributed by atoms with Gasteiger partial charge in [0.25, 0.3) is 0 Å². The molecule has 0 radical (unpaired) electrons. The lowest BCUT2D eigenvalue weighted by Gasteiger charge is -2.50. The zero-order chi connectivity index (χ0) is 27.1. The van der Waals surface area contributed by atoms with Crippen molar-refractivity contribution in [1.29, 1.82) is 5.26 Å². The minimum atomic E-state index is 0.0632. The third-order valence-electron chi connectivity index (χ3n) is 9.58. The number of nitrogens with one attached hydrogen (secondary N) is 2. The van der Waals surface area contributed by atoms with Gasteiger partial charge in [-0.25, -0.2) is 4.98 Å². The normalized spacial score (nSPS) is 26.0. The van der Waals surface area contributed by atoms with Gasteiger partial charge in [0.2, 0.25) is 5.91 Å². The quantitative estimate of drug-likeness (QED) is 0.495. The summed E-state index contributed by atoms with van der Waals surface area (Å²) in [4.78, 5) is 22.3. The van der Waals surface area contributed by atoms with Crippen LogP contribution >= 0.6 is 0 Å². The largest absolute Gasteiger partial charge is 0.371 e. The molecular weight excluding hydrogens is 496 g/mol. The number of piperidine rings is 1. The maximum atomic E-state index is 12.2. The van der Waals surface area contributed by atoms with Crippen LogP contribution in [-0.4, -0.2) is 49.2 Å². The molecule has 1 amide bonds. The molecule has 4 unspecified atom stereocenters. The smallest absolute Gasteiger partial charge is 0.228 e. The number of benzene rings is 2. The van der Waals surface area contributed by atoms with Crippen molar-refractivity contribution in [2.75, 3.05) is 41.3 Å². The van der Waals surface area contributed by atoms with Gasteiger partial charge in [0.1, 0.15) is 5.82 Å². The molecule has 2 aromatic carbocycles. The van der Waals surface area contributed by atoms with Crippen LogP contribution in [0.4, 0.5) is 17.2 Å². The topological polar surface area (TPSA) is 84.3 Å². The molecule has 1 saturated carbocycles. The molecule has 1 aromatic heterocycles. The van der Waals surface area contributed by atoms with Gasteiger partial charge in [-0.3, -0.25) is 4.79 Å². The van der Waals surface area contributed by atoms with Gasteiger partial charge in [0.15, 0.2) is 0 Å². The van der Waals surface area contributed by atoms with E-state index in [1.165, 1.54) is 31.4 Å². The number of carbonyl (C=O) groups is 1. The summed E-state index contributed by atoms with van der Waals surface area (Å²) >= 11 is 0. The molecule has 4 atom stereocenters. The van der Waals surface area contributed by atoms with Crippen molar-refractivity contribution in [2.24, 2.45) is 11.8 Å². The van der Waals surface area contributed by atoms with E-state index >= 15 is 0 Å². The standard InChI is InChI=1S/C33H36N6O/c34-18-22-8-10-26(11-9-22)38-15-13-31-25(20-38)19-36-29-6-2-1-4-24(29)21-39(31)32-16-23(12-14-35-32)27-5-3-7-30-28(27)17-33(40)37-30/h3,5,7-12,14,16,24-25,29,31,36H,1-2,4,6,13,15,17,19-21H2,(H,37,40). The Hall–Kier alpha value is -3.89. The SMILES string of the molecule is N#Cc1ccc(N2CCC3C(CNC4CCCCC4CN3c3cc(-c4cccc5c4CC(=O)N5)ccn3)C2)cc1. The highest BCUT2D eigenvalue weighted by Gasteiger charge is 2.39. The number of anilines is 3. The highest BCUT2D eigenvalue weighted by Crippen LogP contribution is 2.38. The van der Waals surface area contributed by atoms with Crippen molar-refractivity contribution in [3.05, 3.63) is 71.9 Å². The highest BCUT2D eigenvalue weighted by atomic mass is 16.1. The second-order valence-electron chi connectivity index (χ2n) is 11.9. The number of aromatic nitrogens is 1. The third-order valence-corrected chi connectivity index (χ3v) is 9.58. The van der Waals surface area contributed by atoms with Crippen molar-refractivity contribution < 1.29 is 4.79 Å². The molecule has 3 aliphatic heterocycles. The van der Waals surface area contributed by atoms with Crippen LogP contribution in [-0.2, 0) is 11.2 Å². The first-order valence-electron chi connectivity index (χ1n) is 14.8. The van der Waals surface area contributed by atoms with E-state index < -0.39 is 0 Å². The van der Waals surface area contributed by atoms with Gasteiger partial charge in [-0.1, -0.05) is 25.0 Å². The van der Waals surface area contributed by atoms with E-state index in [0.29, 0.717) is 35.9 Å². The molecule has 2 N–H and O–H groups in total. The maximum absolute atomic E-state index is 12.2. The number of fused-ring (bicyclic) bond motifs is 3. The summed E-state index contributed by atoms with van der Waals surface area (Å²) in [6.07, 6.45) is 8.57. The van der Waals surface area contributed by atoms with Crippen LogP contribution in [0.15, 0.2) is 60.8 Å². The molecule has 1 aliphatic carbocycles. The number of hydrogen-bond donors (Lipinski definition) is 2. The monoisotopic (exact) mass is 532 g/mol. The molecule has 2 saturated heterocycles. The molecule has 4 heterocycles. The van der Waals surface area contributed by atoms with Crippen molar-refractivity contribution >= 4 is 23.1 Å². The van der Waals surface area contributed by atoms with Gasteiger partial charge in [-0.15, -0.1) is 0 Å². The molecule has 7 heteroatoms. The highest BCUT2D eigenvalue weighted by molar-refractivity contribution is 6.01. The number of hydrogen-bond acceptors (Lipinski definition) is 6. The van der Waals surface area contributed by atoms with E-state index in [1.54, 1.807) is 0 Å². The van der Waals surface area contributed by atoms with Gasteiger partial charge in [-0.2, -0.15) is 5.26 Å². The van der Waals surface area contributed by atoms with Crippen molar-refractivity contribution in [3.8, 4) is 17.2 Å². The van der Waals surface area contributed by atoms with E-state index in [0.717, 1.165) is 60.8 Å². The van der Waals surface area contributed by atoms with Gasteiger partial charge in [0, 0.05) is 61.8 Å². The summed E-state index contributed by atoms with van der Waals surface area (Å²) in [5, 5.41) is 16.2. The molecule has 204 valence electrons. The summed E-state index contributed by atoms with van der Waals surface area (Å²) in [7, 11) is 0. The van der Waals surface area contributed by atoms with Crippen molar-refractivity contribution in [1.82, 2.24) is 10.3 Å². The van der Waals surface area contributed by atoms with Gasteiger partial charge < -0.3 is 20.4 Å². The first kappa shape index (κ1) is 25.1. The number of nitriles is 1. The summed E-state index contributed by atoms with van der Waals surface area (Å²) in [6.45, 7) is 4.00. The van der Waals surface area contributed by atoms with Crippen LogP contribution in [0.3, 0.4) is 0 Å². The van der Waals surface area contributed by atoms with E-state index in [1.807, 2.05) is 30.5 Å². The molecule has 7 rings (SSSR count). The Kier molecular flexibility index (Phi) is 6.65. The van der Waals surface area contributed by atoms with Crippen LogP contribution < -0.4 is 20.4 Å². The first-order valence-corrected chi connectivity index (χ1v) is 14.8. The Morgan fingerprint density at radius 3 is 2.73 bits per heavy atom. The second-order valence-corrected chi connectivity index (χ2v) is 11.9. The molecule has 3 fully saturated rings. The Balaban J connectivity index is 1.21. The average molecular weight is 533 g/mol. The molecule has 3 aromatic rings. The number of carbonyl (C=O) groups excluding carboxylic acids is 1. The molecule has 0 spiro atoms. The molecule has 0 bridgehead atoms. The van der Waals surface area contributed by atoms with Gasteiger partial charge in [0.05, 0.1) is 18.1 Å². The van der Waals surface area contributed by atoms with E-state index in [-0.39, 0.29) is 5.91 Å². The average Bonchev–Trinajstić information content (AvgIpc) is 3.38. The fourth-order valence-electron chi connectivity index (χ4n) is 7.52. The van der Waals surface area contributed by atoms with E-state index in [2.05, 4.69) is 56.8 Å². The van der Waals surface area contributed by atoms with Crippen LogP contribution in [0, 0.1) is 23.2 Å². The molecule has 40 heavy (non-hydrogen) atoms. The van der Waals surface area contributed by atoms with Gasteiger partial charge >= 0.3 is 0 Å². The lowest BCUT2D eigenvalue weighted by Crippen LogP contribution is -2.60. The second kappa shape index (κ2) is 10.6. The number of rotatable bonds is 3. The van der Waals surface area contributed by atoms with Crippen LogP contribution in [0.5, 0.6) is 0 Å². The predicted molar refractivity (Wildman–Crippen MR) is 158 cm³/mol. The first-order chi connectivity index (χ1) is 19.7. The Morgan fingerprint density at radius 2 is 1.85 bits per heavy atom.